The molecule has 0 spiro atoms. The van der Waals surface area contributed by atoms with E-state index in [-0.39, 0.29) is 5.15 Å². The summed E-state index contributed by atoms with van der Waals surface area (Å²) in [6.45, 7) is 0. The molecule has 0 atom stereocenters. The Bertz CT molecular complexity index is 569. The van der Waals surface area contributed by atoms with Gasteiger partial charge in [-0.15, -0.1) is 0 Å². The summed E-state index contributed by atoms with van der Waals surface area (Å²) < 4.78 is 5.06. The van der Waals surface area contributed by atoms with E-state index in [0.717, 1.165) is 5.39 Å². The van der Waals surface area contributed by atoms with Crippen LogP contribution in [0.3, 0.4) is 0 Å². The monoisotopic (exact) mass is 255 g/mol. The van der Waals surface area contributed by atoms with Gasteiger partial charge in [-0.05, 0) is 18.2 Å². The molecule has 5 heteroatoms. The van der Waals surface area contributed by atoms with Crippen LogP contribution in [-0.2, 0) is 0 Å². The number of methoxy groups -OCH3 is 1. The maximum atomic E-state index is 10.7. The molecule has 0 N–H and O–H groups in total. The average molecular weight is 256 g/mol. The fourth-order valence-corrected chi connectivity index (χ4v) is 1.90. The Morgan fingerprint density at radius 1 is 1.38 bits per heavy atom. The summed E-state index contributed by atoms with van der Waals surface area (Å²) in [5.41, 5.74) is 0.868. The van der Waals surface area contributed by atoms with Gasteiger partial charge in [0, 0.05) is 5.39 Å². The van der Waals surface area contributed by atoms with Gasteiger partial charge in [0.15, 0.2) is 6.29 Å². The highest BCUT2D eigenvalue weighted by Crippen LogP contribution is 2.32. The molecule has 0 saturated heterocycles. The molecule has 16 heavy (non-hydrogen) atoms. The third kappa shape index (κ3) is 1.72. The Morgan fingerprint density at radius 2 is 2.12 bits per heavy atom. The van der Waals surface area contributed by atoms with Gasteiger partial charge in [0.1, 0.15) is 15.9 Å². The van der Waals surface area contributed by atoms with Crippen LogP contribution in [0.4, 0.5) is 0 Å². The Balaban J connectivity index is 2.80. The minimum absolute atomic E-state index is 0.137. The summed E-state index contributed by atoms with van der Waals surface area (Å²) in [6, 6.07) is 5.13. The highest BCUT2D eigenvalue weighted by Gasteiger charge is 2.10. The molecule has 2 aromatic rings. The van der Waals surface area contributed by atoms with Crippen molar-refractivity contribution < 1.29 is 9.53 Å². The van der Waals surface area contributed by atoms with Gasteiger partial charge in [0.25, 0.3) is 0 Å². The molecular weight excluding hydrogens is 249 g/mol. The molecule has 0 aliphatic rings. The lowest BCUT2D eigenvalue weighted by atomic mass is 10.1. The topological polar surface area (TPSA) is 39.2 Å². The van der Waals surface area contributed by atoms with Crippen LogP contribution in [-0.4, -0.2) is 18.4 Å². The molecule has 3 nitrogen and oxygen atoms in total. The first kappa shape index (κ1) is 11.2. The first-order valence-corrected chi connectivity index (χ1v) is 5.21. The highest BCUT2D eigenvalue weighted by molar-refractivity contribution is 6.37. The van der Waals surface area contributed by atoms with Crippen molar-refractivity contribution in [3.8, 4) is 5.75 Å². The number of carbonyl (C=O) groups excluding carboxylic acids is 1. The summed E-state index contributed by atoms with van der Waals surface area (Å²) in [4.78, 5) is 14.8. The van der Waals surface area contributed by atoms with Crippen molar-refractivity contribution in [2.75, 3.05) is 7.11 Å². The van der Waals surface area contributed by atoms with E-state index in [2.05, 4.69) is 4.98 Å². The van der Waals surface area contributed by atoms with Crippen LogP contribution < -0.4 is 4.74 Å². The second kappa shape index (κ2) is 4.28. The molecule has 1 aromatic carbocycles. The minimum Gasteiger partial charge on any atom is -0.495 e. The summed E-state index contributed by atoms with van der Waals surface area (Å²) in [5.74, 6) is 0.525. The van der Waals surface area contributed by atoms with E-state index in [0.29, 0.717) is 28.1 Å². The van der Waals surface area contributed by atoms with E-state index in [9.17, 15) is 4.79 Å². The number of benzene rings is 1. The molecule has 0 aliphatic carbocycles. The van der Waals surface area contributed by atoms with E-state index in [4.69, 9.17) is 27.9 Å². The molecule has 1 heterocycles. The van der Waals surface area contributed by atoms with E-state index in [1.165, 1.54) is 7.11 Å². The summed E-state index contributed by atoms with van der Waals surface area (Å²) >= 11 is 11.9. The van der Waals surface area contributed by atoms with Crippen molar-refractivity contribution in [1.82, 2.24) is 4.98 Å². The van der Waals surface area contributed by atoms with Gasteiger partial charge in [-0.1, -0.05) is 23.2 Å². The molecule has 82 valence electrons. The number of aldehydes is 1. The summed E-state index contributed by atoms with van der Waals surface area (Å²) in [5, 5.41) is 1.27. The summed E-state index contributed by atoms with van der Waals surface area (Å²) in [6.07, 6.45) is 0.660. The van der Waals surface area contributed by atoms with Crippen molar-refractivity contribution >= 4 is 40.4 Å². The van der Waals surface area contributed by atoms with Gasteiger partial charge in [0.2, 0.25) is 0 Å². The van der Waals surface area contributed by atoms with Crippen molar-refractivity contribution in [1.29, 1.82) is 0 Å². The van der Waals surface area contributed by atoms with Gasteiger partial charge in [0.05, 0.1) is 18.2 Å². The maximum absolute atomic E-state index is 10.7. The normalized spacial score (nSPS) is 10.4. The maximum Gasteiger partial charge on any atom is 0.153 e. The standard InChI is InChI=1S/C11H7Cl2NO2/c1-16-8-3-2-6-4-7(5-15)11(13)14-10(6)9(8)12/h2-5H,1H3. The number of halogens is 2. The van der Waals surface area contributed by atoms with Crippen molar-refractivity contribution in [2.24, 2.45) is 0 Å². The Labute approximate surface area is 102 Å². The van der Waals surface area contributed by atoms with Gasteiger partial charge >= 0.3 is 0 Å². The average Bonchev–Trinajstić information content (AvgIpc) is 2.30. The fraction of sp³-hybridized carbons (Fsp3) is 0.0909. The first-order valence-electron chi connectivity index (χ1n) is 4.45. The van der Waals surface area contributed by atoms with Gasteiger partial charge in [-0.3, -0.25) is 4.79 Å². The number of nitrogens with zero attached hydrogens (tertiary/aromatic N) is 1. The van der Waals surface area contributed by atoms with Gasteiger partial charge < -0.3 is 4.74 Å². The predicted octanol–water partition coefficient (Wildman–Crippen LogP) is 3.36. The van der Waals surface area contributed by atoms with E-state index in [1.807, 2.05) is 0 Å². The Kier molecular flexibility index (Phi) is 2.99. The molecule has 0 radical (unpaired) electrons. The van der Waals surface area contributed by atoms with E-state index >= 15 is 0 Å². The number of hydrogen-bond donors (Lipinski definition) is 0. The predicted molar refractivity (Wildman–Crippen MR) is 63.7 cm³/mol. The Morgan fingerprint density at radius 3 is 2.75 bits per heavy atom. The Hall–Kier alpha value is -1.32. The number of rotatable bonds is 2. The van der Waals surface area contributed by atoms with Crippen LogP contribution in [0, 0.1) is 0 Å². The zero-order valence-electron chi connectivity index (χ0n) is 8.33. The molecule has 0 bridgehead atoms. The van der Waals surface area contributed by atoms with Crippen LogP contribution in [0.2, 0.25) is 10.2 Å². The molecule has 0 amide bonds. The van der Waals surface area contributed by atoms with Crippen LogP contribution in [0.25, 0.3) is 10.9 Å². The smallest absolute Gasteiger partial charge is 0.153 e. The lowest BCUT2D eigenvalue weighted by Gasteiger charge is -2.06. The number of aromatic nitrogens is 1. The van der Waals surface area contributed by atoms with Gasteiger partial charge in [-0.25, -0.2) is 4.98 Å². The second-order valence-corrected chi connectivity index (χ2v) is 3.88. The lowest BCUT2D eigenvalue weighted by Crippen LogP contribution is -1.91. The number of pyridine rings is 1. The van der Waals surface area contributed by atoms with Gasteiger partial charge in [-0.2, -0.15) is 0 Å². The third-order valence-corrected chi connectivity index (χ3v) is 2.89. The molecule has 0 aliphatic heterocycles. The quantitative estimate of drug-likeness (QED) is 0.610. The highest BCUT2D eigenvalue weighted by atomic mass is 35.5. The van der Waals surface area contributed by atoms with Crippen molar-refractivity contribution in [2.45, 2.75) is 0 Å². The second-order valence-electron chi connectivity index (χ2n) is 3.14. The van der Waals surface area contributed by atoms with Crippen molar-refractivity contribution in [3.05, 3.63) is 33.9 Å². The largest absolute Gasteiger partial charge is 0.495 e. The minimum atomic E-state index is 0.137. The third-order valence-electron chi connectivity index (χ3n) is 2.22. The number of carbonyl (C=O) groups is 1. The van der Waals surface area contributed by atoms with Crippen LogP contribution in [0.5, 0.6) is 5.75 Å². The zero-order valence-corrected chi connectivity index (χ0v) is 9.84. The molecular formula is C11H7Cl2NO2. The van der Waals surface area contributed by atoms with E-state index in [1.54, 1.807) is 18.2 Å². The van der Waals surface area contributed by atoms with Crippen LogP contribution >= 0.6 is 23.2 Å². The number of ether oxygens (including phenoxy) is 1. The molecule has 0 saturated carbocycles. The van der Waals surface area contributed by atoms with Crippen LogP contribution in [0.1, 0.15) is 10.4 Å². The molecule has 2 rings (SSSR count). The molecule has 0 unspecified atom stereocenters. The SMILES string of the molecule is COc1ccc2cc(C=O)c(Cl)nc2c1Cl. The first-order chi connectivity index (χ1) is 7.67. The zero-order chi connectivity index (χ0) is 11.7. The number of fused-ring (bicyclic) bond motifs is 1. The molecule has 0 fully saturated rings. The fourth-order valence-electron chi connectivity index (χ4n) is 1.42. The van der Waals surface area contributed by atoms with E-state index < -0.39 is 0 Å². The van der Waals surface area contributed by atoms with Crippen molar-refractivity contribution in [3.63, 3.8) is 0 Å². The summed E-state index contributed by atoms with van der Waals surface area (Å²) in [7, 11) is 1.52. The van der Waals surface area contributed by atoms with Crippen LogP contribution in [0.15, 0.2) is 18.2 Å². The number of hydrogen-bond acceptors (Lipinski definition) is 3. The lowest BCUT2D eigenvalue weighted by molar-refractivity contribution is 0.112. The molecule has 1 aromatic heterocycles.